The quantitative estimate of drug-likeness (QED) is 0.0245. The van der Waals surface area contributed by atoms with Gasteiger partial charge in [0.1, 0.15) is 11.9 Å². The molecule has 0 aliphatic heterocycles. The normalized spacial score (nSPS) is 12.6. The second-order valence-electron chi connectivity index (χ2n) is 18.6. The molecule has 0 unspecified atom stereocenters. The molecule has 0 spiro atoms. The van der Waals surface area contributed by atoms with Crippen molar-refractivity contribution >= 4 is 28.6 Å². The Balaban J connectivity index is 1.02. The van der Waals surface area contributed by atoms with Crippen molar-refractivity contribution in [2.24, 2.45) is 0 Å². The minimum absolute atomic E-state index is 0.0936. The number of unbranched alkanes of at least 4 members (excludes halogenated alkanes) is 17. The van der Waals surface area contributed by atoms with Crippen molar-refractivity contribution < 1.29 is 14.3 Å². The molecule has 0 fully saturated rings. The lowest BCUT2D eigenvalue weighted by Crippen LogP contribution is -2.25. The van der Waals surface area contributed by atoms with Crippen LogP contribution < -0.4 is 4.74 Å². The first-order valence-corrected chi connectivity index (χ1v) is 27.2. The Labute approximate surface area is 401 Å². The number of rotatable bonds is 32. The molecule has 348 valence electrons. The van der Waals surface area contributed by atoms with Gasteiger partial charge in [-0.1, -0.05) is 178 Å². The molecule has 2 aromatic heterocycles. The molecule has 3 nitrogen and oxygen atoms in total. The lowest BCUT2D eigenvalue weighted by Gasteiger charge is -2.33. The second kappa shape index (κ2) is 26.8. The van der Waals surface area contributed by atoms with E-state index in [0.29, 0.717) is 6.42 Å². The highest BCUT2D eigenvalue weighted by Gasteiger charge is 2.42. The monoisotopic (exact) mass is 911 g/mol. The number of thiophene rings is 2. The van der Waals surface area contributed by atoms with Gasteiger partial charge >= 0.3 is 5.97 Å². The van der Waals surface area contributed by atoms with Crippen LogP contribution in [-0.2, 0) is 14.9 Å². The summed E-state index contributed by atoms with van der Waals surface area (Å²) in [6, 6.07) is 32.7. The first kappa shape index (κ1) is 50.2. The van der Waals surface area contributed by atoms with Gasteiger partial charge in [-0.25, -0.2) is 0 Å². The minimum atomic E-state index is -0.384. The Morgan fingerprint density at radius 3 is 1.62 bits per heavy atom. The van der Waals surface area contributed by atoms with Crippen LogP contribution in [0.3, 0.4) is 0 Å². The van der Waals surface area contributed by atoms with Crippen molar-refractivity contribution in [1.29, 1.82) is 0 Å². The topological polar surface area (TPSA) is 35.5 Å². The van der Waals surface area contributed by atoms with E-state index in [9.17, 15) is 4.79 Å². The molecule has 0 saturated heterocycles. The number of fused-ring (bicyclic) bond motifs is 3. The molecule has 0 bridgehead atoms. The zero-order valence-corrected chi connectivity index (χ0v) is 41.9. The van der Waals surface area contributed by atoms with Crippen LogP contribution in [0.1, 0.15) is 178 Å². The van der Waals surface area contributed by atoms with Gasteiger partial charge in [0.05, 0.1) is 6.61 Å². The summed E-state index contributed by atoms with van der Waals surface area (Å²) in [6.45, 7) is 15.0. The fourth-order valence-electron chi connectivity index (χ4n) is 9.83. The molecule has 1 aliphatic rings. The van der Waals surface area contributed by atoms with Crippen LogP contribution in [0.4, 0.5) is 0 Å². The van der Waals surface area contributed by atoms with Gasteiger partial charge in [-0.15, -0.1) is 22.7 Å². The fraction of sp³-hybridized carbons (Fsp3) is 0.483. The average Bonchev–Trinajstić information content (AvgIpc) is 4.08. The molecule has 0 amide bonds. The highest BCUT2D eigenvalue weighted by atomic mass is 32.1. The zero-order chi connectivity index (χ0) is 45.7. The number of hydrogen-bond acceptors (Lipinski definition) is 5. The molecular weight excluding hydrogens is 833 g/mol. The maximum Gasteiger partial charge on any atom is 0.306 e. The zero-order valence-electron chi connectivity index (χ0n) is 40.2. The van der Waals surface area contributed by atoms with E-state index >= 15 is 0 Å². The molecule has 6 rings (SSSR count). The van der Waals surface area contributed by atoms with Crippen LogP contribution >= 0.6 is 22.7 Å². The van der Waals surface area contributed by atoms with E-state index < -0.39 is 0 Å². The standard InChI is InChI=1S/C60H78O3S2/c1-6-10-12-14-21-25-41-60(42-26-22-15-13-11-7-2)53-44-46(5)29-35-51(53)52-36-32-48(45-54(52)60)56-38-40-58(65-56)57-39-37-55(64-57)47-30-33-50(34-31-47)62-43-27-23-19-17-16-18-20-24-28-59(61)63-49(8-3)9-4/h8-9,29-40,44-45,49H,3-4,6-7,10-28,41-43H2,1-2,5H3. The SMILES string of the molecule is C=CC(C=C)OC(=O)CCCCCCCCCCOc1ccc(-c2ccc(-c3ccc(-c4ccc5c(c4)C(CCCCCCCC)(CCCCCCCC)c4cc(C)ccc4-5)s3)s2)cc1. The maximum atomic E-state index is 11.9. The van der Waals surface area contributed by atoms with Crippen molar-refractivity contribution in [1.82, 2.24) is 0 Å². The van der Waals surface area contributed by atoms with E-state index in [1.54, 1.807) is 23.3 Å². The van der Waals surface area contributed by atoms with E-state index in [1.165, 1.54) is 163 Å². The maximum absolute atomic E-state index is 11.9. The van der Waals surface area contributed by atoms with Gasteiger partial charge in [0, 0.05) is 31.3 Å². The van der Waals surface area contributed by atoms with E-state index in [-0.39, 0.29) is 17.5 Å². The smallest absolute Gasteiger partial charge is 0.306 e. The molecule has 5 aromatic rings. The van der Waals surface area contributed by atoms with Gasteiger partial charge in [-0.05, 0) is 133 Å². The molecule has 3 aromatic carbocycles. The van der Waals surface area contributed by atoms with Crippen LogP contribution in [0.2, 0.25) is 0 Å². The molecule has 0 radical (unpaired) electrons. The molecular formula is C60H78O3S2. The summed E-state index contributed by atoms with van der Waals surface area (Å²) in [7, 11) is 0. The van der Waals surface area contributed by atoms with Gasteiger partial charge in [0.15, 0.2) is 0 Å². The summed E-state index contributed by atoms with van der Waals surface area (Å²) in [6.07, 6.45) is 30.8. The highest BCUT2D eigenvalue weighted by molar-refractivity contribution is 7.25. The van der Waals surface area contributed by atoms with Crippen LogP contribution in [0.15, 0.2) is 110 Å². The molecule has 0 atom stereocenters. The lowest BCUT2D eigenvalue weighted by atomic mass is 9.70. The van der Waals surface area contributed by atoms with Crippen LogP contribution in [0.25, 0.3) is 41.8 Å². The van der Waals surface area contributed by atoms with Crippen LogP contribution in [-0.4, -0.2) is 18.7 Å². The van der Waals surface area contributed by atoms with Gasteiger partial charge in [0.25, 0.3) is 0 Å². The van der Waals surface area contributed by atoms with E-state index in [4.69, 9.17) is 9.47 Å². The Kier molecular flexibility index (Phi) is 20.7. The van der Waals surface area contributed by atoms with E-state index in [2.05, 4.69) is 119 Å². The average molecular weight is 911 g/mol. The Morgan fingerprint density at radius 1 is 0.554 bits per heavy atom. The summed E-state index contributed by atoms with van der Waals surface area (Å²) in [5.41, 5.74) is 10.2. The summed E-state index contributed by atoms with van der Waals surface area (Å²) in [4.78, 5) is 17.2. The van der Waals surface area contributed by atoms with E-state index in [1.807, 2.05) is 22.7 Å². The number of carbonyl (C=O) groups is 1. The fourth-order valence-corrected chi connectivity index (χ4v) is 11.9. The Bertz CT molecular complexity index is 2180. The van der Waals surface area contributed by atoms with Crippen LogP contribution in [0.5, 0.6) is 5.75 Å². The van der Waals surface area contributed by atoms with Crippen molar-refractivity contribution in [3.63, 3.8) is 0 Å². The Morgan fingerprint density at radius 2 is 1.03 bits per heavy atom. The number of aryl methyl sites for hydroxylation is 1. The summed E-state index contributed by atoms with van der Waals surface area (Å²) >= 11 is 3.81. The molecule has 1 aliphatic carbocycles. The molecule has 0 saturated carbocycles. The third kappa shape index (κ3) is 14.4. The first-order valence-electron chi connectivity index (χ1n) is 25.5. The number of hydrogen-bond donors (Lipinski definition) is 0. The van der Waals surface area contributed by atoms with Crippen molar-refractivity contribution in [2.45, 2.75) is 180 Å². The number of carbonyl (C=O) groups excluding carboxylic acids is 1. The van der Waals surface area contributed by atoms with Crippen molar-refractivity contribution in [3.8, 4) is 47.5 Å². The summed E-state index contributed by atoms with van der Waals surface area (Å²) < 4.78 is 11.4. The van der Waals surface area contributed by atoms with E-state index in [0.717, 1.165) is 38.0 Å². The minimum Gasteiger partial charge on any atom is -0.494 e. The summed E-state index contributed by atoms with van der Waals surface area (Å²) in [5, 5.41) is 0. The molecule has 5 heteroatoms. The summed E-state index contributed by atoms with van der Waals surface area (Å²) in [5.74, 6) is 0.772. The third-order valence-electron chi connectivity index (χ3n) is 13.6. The molecule has 65 heavy (non-hydrogen) atoms. The molecule has 0 N–H and O–H groups in total. The third-order valence-corrected chi connectivity index (χ3v) is 16.0. The predicted octanol–water partition coefficient (Wildman–Crippen LogP) is 19.1. The van der Waals surface area contributed by atoms with Crippen molar-refractivity contribution in [2.75, 3.05) is 6.61 Å². The largest absolute Gasteiger partial charge is 0.494 e. The molecule has 2 heterocycles. The number of ether oxygens (including phenoxy) is 2. The van der Waals surface area contributed by atoms with Gasteiger partial charge < -0.3 is 9.47 Å². The first-order chi connectivity index (χ1) is 31.9. The van der Waals surface area contributed by atoms with Gasteiger partial charge in [0.2, 0.25) is 0 Å². The number of benzene rings is 3. The predicted molar refractivity (Wildman–Crippen MR) is 283 cm³/mol. The lowest BCUT2D eigenvalue weighted by molar-refractivity contribution is -0.145. The number of esters is 1. The van der Waals surface area contributed by atoms with Crippen LogP contribution in [0, 0.1) is 6.92 Å². The van der Waals surface area contributed by atoms with Crippen molar-refractivity contribution in [3.05, 3.63) is 127 Å². The highest BCUT2D eigenvalue weighted by Crippen LogP contribution is 2.55. The van der Waals surface area contributed by atoms with Gasteiger partial charge in [-0.2, -0.15) is 0 Å². The Hall–Kier alpha value is -4.19. The van der Waals surface area contributed by atoms with Gasteiger partial charge in [-0.3, -0.25) is 4.79 Å². The second-order valence-corrected chi connectivity index (χ2v) is 20.8.